The summed E-state index contributed by atoms with van der Waals surface area (Å²) in [5, 5.41) is 0. The van der Waals surface area contributed by atoms with Crippen molar-refractivity contribution in [3.63, 3.8) is 0 Å². The third kappa shape index (κ3) is 7.22. The normalized spacial score (nSPS) is 28.1. The van der Waals surface area contributed by atoms with E-state index < -0.39 is 11.2 Å². The van der Waals surface area contributed by atoms with E-state index in [0.717, 1.165) is 28.2 Å². The molecule has 0 spiro atoms. The Morgan fingerprint density at radius 1 is 0.511 bits per heavy atom. The van der Waals surface area contributed by atoms with Crippen molar-refractivity contribution in [3.8, 4) is 0 Å². The van der Waals surface area contributed by atoms with E-state index in [1.165, 1.54) is 5.56 Å². The first-order chi connectivity index (χ1) is 22.3. The number of nitrogens with zero attached hydrogens (tertiary/aromatic N) is 3. The van der Waals surface area contributed by atoms with Crippen LogP contribution < -0.4 is 0 Å². The lowest BCUT2D eigenvalue weighted by molar-refractivity contribution is 0.0418. The highest BCUT2D eigenvalue weighted by Crippen LogP contribution is 2.40. The smallest absolute Gasteiger partial charge is 0.131 e. The maximum absolute atomic E-state index is 5.81. The van der Waals surface area contributed by atoms with Crippen molar-refractivity contribution in [2.45, 2.75) is 70.5 Å². The number of ether oxygens (including phenoxy) is 2. The van der Waals surface area contributed by atoms with Gasteiger partial charge in [-0.25, -0.2) is 0 Å². The number of hydrogen-bond acceptors (Lipinski definition) is 5. The minimum Gasteiger partial charge on any atom is -0.365 e. The lowest BCUT2D eigenvalue weighted by Gasteiger charge is -2.35. The average molecular weight is 628 g/mol. The molecule has 47 heavy (non-hydrogen) atoms. The molecule has 3 aromatic heterocycles. The topological polar surface area (TPSA) is 57.1 Å². The van der Waals surface area contributed by atoms with Crippen LogP contribution in [-0.2, 0) is 31.5 Å². The fourth-order valence-corrected chi connectivity index (χ4v) is 6.00. The van der Waals surface area contributed by atoms with Crippen LogP contribution in [0.5, 0.6) is 0 Å². The molecular weight excluding hydrogens is 578 g/mol. The van der Waals surface area contributed by atoms with Crippen LogP contribution in [0.3, 0.4) is 0 Å². The Bertz CT molecular complexity index is 1610. The van der Waals surface area contributed by atoms with E-state index in [1.807, 2.05) is 81.0 Å². The van der Waals surface area contributed by atoms with E-state index in [-0.39, 0.29) is 16.2 Å². The second kappa shape index (κ2) is 13.1. The molecular formula is C42H49N3O2. The minimum absolute atomic E-state index is 0.0608. The quantitative estimate of drug-likeness (QED) is 0.255. The molecule has 3 aliphatic rings. The second-order valence-electron chi connectivity index (χ2n) is 14.1. The van der Waals surface area contributed by atoms with Gasteiger partial charge in [-0.2, -0.15) is 0 Å². The molecule has 0 aromatic carbocycles. The number of allylic oxidation sites excluding steroid dienone is 8. The Morgan fingerprint density at radius 3 is 1.34 bits per heavy atom. The SMILES string of the molecule is CC1C=CC(C)(c2ccc(C3(C)C=CC(C)(C)C=C3)cn2)C=C1.COC1(c2ccc(C)nc2)C=CC(OC)(c2ccc(C)nc2)C=C1. The molecule has 0 N–H and O–H groups in total. The van der Waals surface area contributed by atoms with Crippen molar-refractivity contribution < 1.29 is 9.47 Å². The largest absolute Gasteiger partial charge is 0.365 e. The zero-order valence-corrected chi connectivity index (χ0v) is 29.4. The highest BCUT2D eigenvalue weighted by molar-refractivity contribution is 5.44. The van der Waals surface area contributed by atoms with Crippen molar-refractivity contribution in [1.82, 2.24) is 15.0 Å². The Balaban J connectivity index is 0.000000185. The highest BCUT2D eigenvalue weighted by Gasteiger charge is 2.37. The van der Waals surface area contributed by atoms with Crippen LogP contribution in [0.25, 0.3) is 0 Å². The van der Waals surface area contributed by atoms with Gasteiger partial charge in [-0.15, -0.1) is 0 Å². The number of hydrogen-bond donors (Lipinski definition) is 0. The maximum Gasteiger partial charge on any atom is 0.131 e. The first-order valence-electron chi connectivity index (χ1n) is 16.4. The zero-order valence-electron chi connectivity index (χ0n) is 29.4. The van der Waals surface area contributed by atoms with E-state index in [9.17, 15) is 0 Å². The van der Waals surface area contributed by atoms with Gasteiger partial charge in [0.2, 0.25) is 0 Å². The first kappa shape index (κ1) is 34.2. The minimum atomic E-state index is -0.638. The standard InChI is InChI=1S/C22H27N.C20H22N2O2/c1-17-8-10-22(5,11-9-17)19-7-6-18(16-23-19)21(4)14-12-20(2,3)13-15-21;1-15-5-7-17(13-21-15)19(23-3)9-11-20(24-4,12-10-19)18-8-6-16(2)22-14-18/h6-17H,1-5H3;5-14H,1-4H3. The lowest BCUT2D eigenvalue weighted by Crippen LogP contribution is -2.33. The van der Waals surface area contributed by atoms with Crippen molar-refractivity contribution in [1.29, 1.82) is 0 Å². The number of pyridine rings is 3. The summed E-state index contributed by atoms with van der Waals surface area (Å²) in [5.41, 5.74) is 4.98. The highest BCUT2D eigenvalue weighted by atomic mass is 16.5. The van der Waals surface area contributed by atoms with Crippen LogP contribution in [0.1, 0.15) is 68.4 Å². The van der Waals surface area contributed by atoms with Crippen molar-refractivity contribution in [2.24, 2.45) is 11.3 Å². The van der Waals surface area contributed by atoms with Crippen molar-refractivity contribution >= 4 is 0 Å². The third-order valence-corrected chi connectivity index (χ3v) is 9.71. The van der Waals surface area contributed by atoms with Gasteiger partial charge < -0.3 is 9.47 Å². The molecule has 244 valence electrons. The second-order valence-corrected chi connectivity index (χ2v) is 14.1. The van der Waals surface area contributed by atoms with Crippen LogP contribution >= 0.6 is 0 Å². The molecule has 0 saturated carbocycles. The van der Waals surface area contributed by atoms with E-state index in [1.54, 1.807) is 14.2 Å². The third-order valence-electron chi connectivity index (χ3n) is 9.71. The fraction of sp³-hybridized carbons (Fsp3) is 0.357. The van der Waals surface area contributed by atoms with E-state index >= 15 is 0 Å². The molecule has 0 fully saturated rings. The Labute approximate surface area is 281 Å². The molecule has 5 heteroatoms. The van der Waals surface area contributed by atoms with Gasteiger partial charge >= 0.3 is 0 Å². The number of methoxy groups -OCH3 is 2. The molecule has 3 aromatic rings. The van der Waals surface area contributed by atoms with Crippen LogP contribution in [0.15, 0.2) is 128 Å². The summed E-state index contributed by atoms with van der Waals surface area (Å²) in [6.07, 6.45) is 32.0. The molecule has 3 heterocycles. The van der Waals surface area contributed by atoms with Crippen molar-refractivity contribution in [2.75, 3.05) is 14.2 Å². The fourth-order valence-electron chi connectivity index (χ4n) is 6.00. The molecule has 0 radical (unpaired) electrons. The molecule has 6 rings (SSSR count). The van der Waals surface area contributed by atoms with Crippen LogP contribution in [0.2, 0.25) is 0 Å². The summed E-state index contributed by atoms with van der Waals surface area (Å²) in [5.74, 6) is 0.516. The molecule has 5 nitrogen and oxygen atoms in total. The predicted octanol–water partition coefficient (Wildman–Crippen LogP) is 9.11. The molecule has 0 atom stereocenters. The van der Waals surface area contributed by atoms with Gasteiger partial charge in [0.25, 0.3) is 0 Å². The first-order valence-corrected chi connectivity index (χ1v) is 16.4. The summed E-state index contributed by atoms with van der Waals surface area (Å²) in [6, 6.07) is 12.4. The van der Waals surface area contributed by atoms with Gasteiger partial charge in [0.05, 0.1) is 5.69 Å². The van der Waals surface area contributed by atoms with E-state index in [4.69, 9.17) is 14.5 Å². The van der Waals surface area contributed by atoms with E-state index in [2.05, 4.69) is 105 Å². The average Bonchev–Trinajstić information content (AvgIpc) is 3.09. The van der Waals surface area contributed by atoms with Gasteiger partial charge in [0, 0.05) is 71.6 Å². The van der Waals surface area contributed by atoms with Crippen LogP contribution in [0, 0.1) is 25.2 Å². The Morgan fingerprint density at radius 2 is 0.957 bits per heavy atom. The van der Waals surface area contributed by atoms with Gasteiger partial charge in [-0.05, 0) is 81.7 Å². The maximum atomic E-state index is 5.81. The summed E-state index contributed by atoms with van der Waals surface area (Å²) < 4.78 is 11.6. The molecule has 0 saturated heterocycles. The van der Waals surface area contributed by atoms with Crippen molar-refractivity contribution in [3.05, 3.63) is 162 Å². The molecule has 0 bridgehead atoms. The summed E-state index contributed by atoms with van der Waals surface area (Å²) >= 11 is 0. The van der Waals surface area contributed by atoms with Gasteiger partial charge in [-0.1, -0.05) is 87.6 Å². The zero-order chi connectivity index (χ0) is 33.9. The molecule has 0 aliphatic heterocycles. The Hall–Kier alpha value is -4.19. The van der Waals surface area contributed by atoms with Gasteiger partial charge in [-0.3, -0.25) is 15.0 Å². The summed E-state index contributed by atoms with van der Waals surface area (Å²) in [4.78, 5) is 13.6. The molecule has 0 unspecified atom stereocenters. The van der Waals surface area contributed by atoms with Crippen LogP contribution in [0.4, 0.5) is 0 Å². The lowest BCUT2D eigenvalue weighted by atomic mass is 9.74. The summed E-state index contributed by atoms with van der Waals surface area (Å²) in [7, 11) is 3.39. The number of aromatic nitrogens is 3. The Kier molecular flexibility index (Phi) is 9.54. The molecule has 3 aliphatic carbocycles. The summed E-state index contributed by atoms with van der Waals surface area (Å²) in [6.45, 7) is 15.1. The number of aryl methyl sites for hydroxylation is 2. The van der Waals surface area contributed by atoms with E-state index in [0.29, 0.717) is 5.92 Å². The van der Waals surface area contributed by atoms with Gasteiger partial charge in [0.1, 0.15) is 11.2 Å². The predicted molar refractivity (Wildman–Crippen MR) is 192 cm³/mol. The van der Waals surface area contributed by atoms with Crippen LogP contribution in [-0.4, -0.2) is 29.2 Å². The number of rotatable bonds is 6. The van der Waals surface area contributed by atoms with Gasteiger partial charge in [0.15, 0.2) is 0 Å². The molecule has 0 amide bonds. The monoisotopic (exact) mass is 627 g/mol.